The van der Waals surface area contributed by atoms with Gasteiger partial charge in [0.25, 0.3) is 0 Å². The average molecular weight is 272 g/mol. The maximum absolute atomic E-state index is 8.86. The van der Waals surface area contributed by atoms with E-state index in [1.165, 1.54) is 5.69 Å². The minimum Gasteiger partial charge on any atom is -0.409 e. The molecule has 0 spiro atoms. The summed E-state index contributed by atoms with van der Waals surface area (Å²) in [6.45, 7) is 4.83. The number of nitrogens with zero attached hydrogens (tertiary/aromatic N) is 3. The average Bonchev–Trinajstić information content (AvgIpc) is 2.89. The number of benzene rings is 1. The van der Waals surface area contributed by atoms with Crippen LogP contribution in [0, 0.1) is 0 Å². The summed E-state index contributed by atoms with van der Waals surface area (Å²) < 4.78 is 1.99. The van der Waals surface area contributed by atoms with Crippen LogP contribution in [0.2, 0.25) is 0 Å². The number of oxime groups is 1. The molecule has 1 heterocycles. The molecule has 5 nitrogen and oxygen atoms in total. The van der Waals surface area contributed by atoms with Crippen LogP contribution >= 0.6 is 0 Å². The van der Waals surface area contributed by atoms with Crippen molar-refractivity contribution in [1.82, 2.24) is 9.78 Å². The van der Waals surface area contributed by atoms with E-state index in [0.717, 1.165) is 29.7 Å². The van der Waals surface area contributed by atoms with Gasteiger partial charge in [-0.3, -0.25) is 4.68 Å². The van der Waals surface area contributed by atoms with Crippen LogP contribution in [0.15, 0.2) is 35.5 Å². The van der Waals surface area contributed by atoms with E-state index in [1.54, 1.807) is 0 Å². The maximum Gasteiger partial charge on any atom is 0.170 e. The van der Waals surface area contributed by atoms with Crippen molar-refractivity contribution >= 4 is 5.84 Å². The number of aryl methyl sites for hydroxylation is 2. The zero-order valence-corrected chi connectivity index (χ0v) is 11.9. The first kappa shape index (κ1) is 14.1. The van der Waals surface area contributed by atoms with Crippen LogP contribution in [0.4, 0.5) is 0 Å². The van der Waals surface area contributed by atoms with Crippen LogP contribution in [0.25, 0.3) is 0 Å². The highest BCUT2D eigenvalue weighted by Crippen LogP contribution is 2.13. The Balaban J connectivity index is 2.37. The van der Waals surface area contributed by atoms with Gasteiger partial charge < -0.3 is 10.9 Å². The first-order valence-electron chi connectivity index (χ1n) is 6.81. The van der Waals surface area contributed by atoms with Crippen molar-refractivity contribution in [3.8, 4) is 0 Å². The van der Waals surface area contributed by atoms with Crippen LogP contribution < -0.4 is 5.73 Å². The van der Waals surface area contributed by atoms with Crippen molar-refractivity contribution in [2.45, 2.75) is 33.2 Å². The van der Waals surface area contributed by atoms with Gasteiger partial charge in [0.05, 0.1) is 12.2 Å². The smallest absolute Gasteiger partial charge is 0.170 e. The van der Waals surface area contributed by atoms with Gasteiger partial charge in [0.2, 0.25) is 0 Å². The van der Waals surface area contributed by atoms with E-state index in [9.17, 15) is 0 Å². The van der Waals surface area contributed by atoms with Gasteiger partial charge >= 0.3 is 0 Å². The molecule has 106 valence electrons. The van der Waals surface area contributed by atoms with Gasteiger partial charge in [0, 0.05) is 11.3 Å². The molecule has 1 aromatic heterocycles. The Morgan fingerprint density at radius 1 is 1.30 bits per heavy atom. The topological polar surface area (TPSA) is 76.4 Å². The van der Waals surface area contributed by atoms with E-state index < -0.39 is 0 Å². The molecule has 3 N–H and O–H groups in total. The second-order valence-electron chi connectivity index (χ2n) is 4.63. The number of hydrogen-bond acceptors (Lipinski definition) is 3. The lowest BCUT2D eigenvalue weighted by atomic mass is 10.1. The van der Waals surface area contributed by atoms with E-state index in [4.69, 9.17) is 10.9 Å². The van der Waals surface area contributed by atoms with Gasteiger partial charge in [-0.1, -0.05) is 43.3 Å². The summed E-state index contributed by atoms with van der Waals surface area (Å²) in [5.74, 6) is 0.126. The Bertz CT molecular complexity index is 616. The van der Waals surface area contributed by atoms with Crippen molar-refractivity contribution in [1.29, 1.82) is 0 Å². The molecule has 0 saturated heterocycles. The first-order valence-corrected chi connectivity index (χ1v) is 6.81. The second kappa shape index (κ2) is 6.23. The molecule has 1 aromatic carbocycles. The Kier molecular flexibility index (Phi) is 4.40. The Hall–Kier alpha value is -2.30. The van der Waals surface area contributed by atoms with E-state index >= 15 is 0 Å². The molecule has 2 rings (SSSR count). The van der Waals surface area contributed by atoms with Gasteiger partial charge in [-0.25, -0.2) is 0 Å². The Morgan fingerprint density at radius 3 is 2.70 bits per heavy atom. The highest BCUT2D eigenvalue weighted by Gasteiger charge is 2.10. The number of aromatic nitrogens is 2. The maximum atomic E-state index is 8.86. The molecular formula is C15H20N4O. The highest BCUT2D eigenvalue weighted by molar-refractivity contribution is 5.98. The van der Waals surface area contributed by atoms with Crippen molar-refractivity contribution < 1.29 is 5.21 Å². The van der Waals surface area contributed by atoms with Gasteiger partial charge in [0.1, 0.15) is 0 Å². The molecule has 2 aromatic rings. The molecule has 0 bridgehead atoms. The molecule has 0 aliphatic carbocycles. The van der Waals surface area contributed by atoms with E-state index in [-0.39, 0.29) is 5.84 Å². The molecule has 0 aliphatic rings. The summed E-state index contributed by atoms with van der Waals surface area (Å²) in [5, 5.41) is 16.5. The standard InChI is InChI=1S/C15H20N4O/c1-3-12-9-13(4-2)19(17-12)10-11-7-5-6-8-14(11)15(16)18-20/h5-9,20H,3-4,10H2,1-2H3,(H2,16,18). The zero-order chi connectivity index (χ0) is 14.5. The third-order valence-electron chi connectivity index (χ3n) is 3.36. The highest BCUT2D eigenvalue weighted by atomic mass is 16.4. The van der Waals surface area contributed by atoms with E-state index in [0.29, 0.717) is 6.54 Å². The molecule has 0 radical (unpaired) electrons. The van der Waals surface area contributed by atoms with E-state index in [2.05, 4.69) is 30.2 Å². The predicted octanol–water partition coefficient (Wildman–Crippen LogP) is 2.15. The summed E-state index contributed by atoms with van der Waals surface area (Å²) in [7, 11) is 0. The van der Waals surface area contributed by atoms with Gasteiger partial charge in [-0.05, 0) is 24.5 Å². The van der Waals surface area contributed by atoms with E-state index in [1.807, 2.05) is 28.9 Å². The fourth-order valence-electron chi connectivity index (χ4n) is 2.23. The summed E-state index contributed by atoms with van der Waals surface area (Å²) in [6, 6.07) is 9.77. The Morgan fingerprint density at radius 2 is 2.05 bits per heavy atom. The fourth-order valence-corrected chi connectivity index (χ4v) is 2.23. The number of rotatable bonds is 5. The van der Waals surface area contributed by atoms with Crippen molar-refractivity contribution in [3.05, 3.63) is 52.8 Å². The third kappa shape index (κ3) is 2.82. The third-order valence-corrected chi connectivity index (χ3v) is 3.36. The summed E-state index contributed by atoms with van der Waals surface area (Å²) in [5.41, 5.74) is 9.73. The molecule has 5 heteroatoms. The minimum absolute atomic E-state index is 0.126. The molecule has 0 amide bonds. The summed E-state index contributed by atoms with van der Waals surface area (Å²) >= 11 is 0. The van der Waals surface area contributed by atoms with Crippen LogP contribution in [-0.2, 0) is 19.4 Å². The minimum atomic E-state index is 0.126. The van der Waals surface area contributed by atoms with Gasteiger partial charge in [0.15, 0.2) is 5.84 Å². The lowest BCUT2D eigenvalue weighted by molar-refractivity contribution is 0.318. The lowest BCUT2D eigenvalue weighted by Gasteiger charge is -2.10. The number of hydrogen-bond donors (Lipinski definition) is 2. The molecule has 0 unspecified atom stereocenters. The van der Waals surface area contributed by atoms with Crippen LogP contribution in [0.1, 0.15) is 36.4 Å². The quantitative estimate of drug-likeness (QED) is 0.379. The van der Waals surface area contributed by atoms with Crippen molar-refractivity contribution in [3.63, 3.8) is 0 Å². The summed E-state index contributed by atoms with van der Waals surface area (Å²) in [4.78, 5) is 0. The van der Waals surface area contributed by atoms with Gasteiger partial charge in [-0.2, -0.15) is 5.10 Å². The molecule has 0 fully saturated rings. The van der Waals surface area contributed by atoms with Gasteiger partial charge in [-0.15, -0.1) is 0 Å². The molecular weight excluding hydrogens is 252 g/mol. The van der Waals surface area contributed by atoms with Crippen LogP contribution in [0.5, 0.6) is 0 Å². The monoisotopic (exact) mass is 272 g/mol. The first-order chi connectivity index (χ1) is 9.69. The normalized spacial score (nSPS) is 11.8. The number of amidine groups is 1. The fraction of sp³-hybridized carbons (Fsp3) is 0.333. The molecule has 0 saturated carbocycles. The van der Waals surface area contributed by atoms with Crippen LogP contribution in [-0.4, -0.2) is 20.8 Å². The largest absolute Gasteiger partial charge is 0.409 e. The Labute approximate surface area is 118 Å². The second-order valence-corrected chi connectivity index (χ2v) is 4.63. The van der Waals surface area contributed by atoms with Crippen LogP contribution in [0.3, 0.4) is 0 Å². The number of nitrogens with two attached hydrogens (primary N) is 1. The molecule has 20 heavy (non-hydrogen) atoms. The summed E-state index contributed by atoms with van der Waals surface area (Å²) in [6.07, 6.45) is 1.85. The SMILES string of the molecule is CCc1cc(CC)n(Cc2ccccc2/C(N)=N/O)n1. The predicted molar refractivity (Wildman–Crippen MR) is 79.0 cm³/mol. The zero-order valence-electron chi connectivity index (χ0n) is 11.9. The lowest BCUT2D eigenvalue weighted by Crippen LogP contribution is -2.17. The van der Waals surface area contributed by atoms with Crippen molar-refractivity contribution in [2.75, 3.05) is 0 Å². The molecule has 0 atom stereocenters. The van der Waals surface area contributed by atoms with Crippen molar-refractivity contribution in [2.24, 2.45) is 10.9 Å². The molecule has 0 aliphatic heterocycles.